The molecule has 0 aromatic rings. The van der Waals surface area contributed by atoms with Gasteiger partial charge in [0.25, 0.3) is 0 Å². The molecule has 0 spiro atoms. The summed E-state index contributed by atoms with van der Waals surface area (Å²) < 4.78 is 0. The Kier molecular flexibility index (Phi) is 6.63. The van der Waals surface area contributed by atoms with Crippen molar-refractivity contribution in [2.45, 2.75) is 60.3 Å². The molecule has 8 heteroatoms. The van der Waals surface area contributed by atoms with Crippen molar-refractivity contribution in [3.8, 4) is 0 Å². The first-order chi connectivity index (χ1) is 14.3. The highest BCUT2D eigenvalue weighted by Gasteiger charge is 2.46. The van der Waals surface area contributed by atoms with Crippen molar-refractivity contribution in [3.05, 3.63) is 45.3 Å². The van der Waals surface area contributed by atoms with Gasteiger partial charge >= 0.3 is 0 Å². The number of hydrogen-bond donors (Lipinski definition) is 4. The first-order valence-electron chi connectivity index (χ1n) is 10.2. The predicted octanol–water partition coefficient (Wildman–Crippen LogP) is 3.80. The lowest BCUT2D eigenvalue weighted by molar-refractivity contribution is -0.127. The second-order valence-corrected chi connectivity index (χ2v) is 8.30. The van der Waals surface area contributed by atoms with Gasteiger partial charge in [0.05, 0.1) is 11.3 Å². The highest BCUT2D eigenvalue weighted by atomic mass is 16.3. The fourth-order valence-corrected chi connectivity index (χ4v) is 3.73. The Morgan fingerprint density at radius 1 is 0.903 bits per heavy atom. The normalized spacial score (nSPS) is 21.9. The number of aliphatic hydroxyl groups is 4. The van der Waals surface area contributed by atoms with E-state index in [1.807, 2.05) is 0 Å². The van der Waals surface area contributed by atoms with Crippen molar-refractivity contribution >= 4 is 23.1 Å². The molecule has 168 valence electrons. The largest absolute Gasteiger partial charge is 0.511 e. The van der Waals surface area contributed by atoms with Gasteiger partial charge in [0, 0.05) is 30.4 Å². The molecule has 0 bridgehead atoms. The van der Waals surface area contributed by atoms with Gasteiger partial charge in [-0.2, -0.15) is 0 Å². The van der Waals surface area contributed by atoms with Gasteiger partial charge in [-0.15, -0.1) is 0 Å². The van der Waals surface area contributed by atoms with Gasteiger partial charge in [0.2, 0.25) is 0 Å². The molecule has 2 aliphatic rings. The Morgan fingerprint density at radius 2 is 1.45 bits per heavy atom. The summed E-state index contributed by atoms with van der Waals surface area (Å²) in [5.74, 6) is -6.31. The molecule has 4 N–H and O–H groups in total. The van der Waals surface area contributed by atoms with Gasteiger partial charge in [-0.3, -0.25) is 19.2 Å². The maximum atomic E-state index is 12.7. The van der Waals surface area contributed by atoms with E-state index in [2.05, 4.69) is 0 Å². The fourth-order valence-electron chi connectivity index (χ4n) is 3.73. The van der Waals surface area contributed by atoms with Crippen molar-refractivity contribution in [3.63, 3.8) is 0 Å². The first-order valence-corrected chi connectivity index (χ1v) is 10.2. The van der Waals surface area contributed by atoms with Gasteiger partial charge in [-0.25, -0.2) is 0 Å². The molecule has 0 saturated heterocycles. The van der Waals surface area contributed by atoms with Crippen LogP contribution in [0.3, 0.4) is 0 Å². The van der Waals surface area contributed by atoms with E-state index in [-0.39, 0.29) is 24.0 Å². The molecule has 8 nitrogen and oxygen atoms in total. The number of hydrogen-bond acceptors (Lipinski definition) is 8. The van der Waals surface area contributed by atoms with Crippen LogP contribution in [0.4, 0.5) is 0 Å². The van der Waals surface area contributed by atoms with Gasteiger partial charge < -0.3 is 20.4 Å². The Labute approximate surface area is 180 Å². The zero-order valence-corrected chi connectivity index (χ0v) is 18.3. The maximum Gasteiger partial charge on any atom is 0.183 e. The highest BCUT2D eigenvalue weighted by molar-refractivity contribution is 6.24. The lowest BCUT2D eigenvalue weighted by atomic mass is 9.72. The van der Waals surface area contributed by atoms with Crippen LogP contribution in [0, 0.1) is 11.3 Å². The number of ketones is 4. The van der Waals surface area contributed by atoms with E-state index in [1.54, 1.807) is 6.92 Å². The topological polar surface area (TPSA) is 149 Å². The second kappa shape index (κ2) is 8.53. The standard InChI is InChI=1S/C23H28O8/c1-6-8-14(25)15-18(27)10(3)17(26)11(19(15)28)9-12-20(29)16(13(24)7-2)22(31)23(4,5)21(12)30/h10,26,28-30H,6-9H2,1-5H3. The SMILES string of the molecule is CCCC(=O)C1=C(O)C(CC2=C(O)C(C)(C)C(=O)C(C(=O)CC)=C2O)=C(O)C(C)C1=O. The van der Waals surface area contributed by atoms with Crippen molar-refractivity contribution in [2.75, 3.05) is 0 Å². The lowest BCUT2D eigenvalue weighted by Gasteiger charge is -2.32. The van der Waals surface area contributed by atoms with Crippen LogP contribution in [0.15, 0.2) is 45.3 Å². The zero-order valence-electron chi connectivity index (χ0n) is 18.3. The Hall–Kier alpha value is -3.16. The average Bonchev–Trinajstić information content (AvgIpc) is 2.71. The Morgan fingerprint density at radius 3 is 1.97 bits per heavy atom. The van der Waals surface area contributed by atoms with E-state index in [4.69, 9.17) is 0 Å². The van der Waals surface area contributed by atoms with Gasteiger partial charge in [-0.1, -0.05) is 13.8 Å². The summed E-state index contributed by atoms with van der Waals surface area (Å²) in [7, 11) is 0. The first kappa shape index (κ1) is 24.1. The van der Waals surface area contributed by atoms with Crippen LogP contribution in [0.5, 0.6) is 0 Å². The third-order valence-corrected chi connectivity index (χ3v) is 5.79. The number of aliphatic hydroxyl groups excluding tert-OH is 4. The van der Waals surface area contributed by atoms with E-state index in [1.165, 1.54) is 27.7 Å². The third-order valence-electron chi connectivity index (χ3n) is 5.79. The van der Waals surface area contributed by atoms with Crippen LogP contribution >= 0.6 is 0 Å². The summed E-state index contributed by atoms with van der Waals surface area (Å²) in [5, 5.41) is 42.6. The van der Waals surface area contributed by atoms with Gasteiger partial charge in [-0.05, 0) is 27.2 Å². The minimum Gasteiger partial charge on any atom is -0.511 e. The van der Waals surface area contributed by atoms with Crippen LogP contribution in [0.1, 0.15) is 60.3 Å². The van der Waals surface area contributed by atoms with Crippen LogP contribution in [0.25, 0.3) is 0 Å². The van der Waals surface area contributed by atoms with Gasteiger partial charge in [0.1, 0.15) is 34.2 Å². The number of carbonyl (C=O) groups is 4. The average molecular weight is 432 g/mol. The molecule has 2 rings (SSSR count). The third kappa shape index (κ3) is 3.82. The van der Waals surface area contributed by atoms with Crippen molar-refractivity contribution in [2.24, 2.45) is 11.3 Å². The molecule has 1 unspecified atom stereocenters. The van der Waals surface area contributed by atoms with E-state index >= 15 is 0 Å². The molecule has 0 aromatic heterocycles. The fraction of sp³-hybridized carbons (Fsp3) is 0.478. The molecular formula is C23H28O8. The van der Waals surface area contributed by atoms with Crippen molar-refractivity contribution in [1.29, 1.82) is 0 Å². The van der Waals surface area contributed by atoms with Crippen molar-refractivity contribution < 1.29 is 39.6 Å². The second-order valence-electron chi connectivity index (χ2n) is 8.30. The van der Waals surface area contributed by atoms with Crippen LogP contribution in [-0.2, 0) is 19.2 Å². The van der Waals surface area contributed by atoms with E-state index in [9.17, 15) is 39.6 Å². The molecule has 0 radical (unpaired) electrons. The molecule has 0 amide bonds. The molecule has 2 aliphatic carbocycles. The zero-order chi connectivity index (χ0) is 23.8. The number of carbonyl (C=O) groups excluding carboxylic acids is 4. The summed E-state index contributed by atoms with van der Waals surface area (Å²) in [5.41, 5.74) is -2.91. The molecule has 0 aliphatic heterocycles. The maximum absolute atomic E-state index is 12.7. The number of rotatable bonds is 7. The van der Waals surface area contributed by atoms with Crippen LogP contribution in [0.2, 0.25) is 0 Å². The monoisotopic (exact) mass is 432 g/mol. The Balaban J connectivity index is 2.71. The van der Waals surface area contributed by atoms with E-state index in [0.717, 1.165) is 0 Å². The number of Topliss-reactive ketones (excluding diaryl/α,β-unsaturated/α-hetero) is 4. The number of allylic oxidation sites excluding steroid dienone is 6. The minimum absolute atomic E-state index is 0.0156. The van der Waals surface area contributed by atoms with Crippen molar-refractivity contribution in [1.82, 2.24) is 0 Å². The summed E-state index contributed by atoms with van der Waals surface area (Å²) in [4.78, 5) is 49.9. The molecule has 31 heavy (non-hydrogen) atoms. The predicted molar refractivity (Wildman–Crippen MR) is 111 cm³/mol. The van der Waals surface area contributed by atoms with Crippen LogP contribution in [-0.4, -0.2) is 43.6 Å². The molecule has 1 atom stereocenters. The molecule has 0 saturated carbocycles. The quantitative estimate of drug-likeness (QED) is 0.444. The lowest BCUT2D eigenvalue weighted by Crippen LogP contribution is -2.36. The smallest absolute Gasteiger partial charge is 0.183 e. The molecule has 0 heterocycles. The minimum atomic E-state index is -1.53. The Bertz CT molecular complexity index is 1000. The molecule has 0 fully saturated rings. The van der Waals surface area contributed by atoms with E-state index in [0.29, 0.717) is 6.42 Å². The summed E-state index contributed by atoms with van der Waals surface area (Å²) in [6.07, 6.45) is -0.0964. The van der Waals surface area contributed by atoms with Crippen LogP contribution < -0.4 is 0 Å². The summed E-state index contributed by atoms with van der Waals surface area (Å²) in [6, 6.07) is 0. The molecular weight excluding hydrogens is 404 g/mol. The summed E-state index contributed by atoms with van der Waals surface area (Å²) in [6.45, 7) is 7.39. The highest BCUT2D eigenvalue weighted by Crippen LogP contribution is 2.43. The van der Waals surface area contributed by atoms with E-state index < -0.39 is 75.1 Å². The summed E-state index contributed by atoms with van der Waals surface area (Å²) >= 11 is 0. The molecule has 0 aromatic carbocycles. The van der Waals surface area contributed by atoms with Gasteiger partial charge in [0.15, 0.2) is 23.1 Å².